The maximum absolute atomic E-state index is 12.0. The van der Waals surface area contributed by atoms with Crippen LogP contribution in [0, 0.1) is 0 Å². The van der Waals surface area contributed by atoms with E-state index in [1.165, 1.54) is 6.33 Å². The van der Waals surface area contributed by atoms with Gasteiger partial charge in [-0.3, -0.25) is 4.39 Å². The molecule has 0 saturated carbocycles. The second-order valence-corrected chi connectivity index (χ2v) is 3.48. The predicted molar refractivity (Wildman–Crippen MR) is 52.6 cm³/mol. The maximum Gasteiger partial charge on any atom is 0.140 e. The molecule has 0 aliphatic heterocycles. The lowest BCUT2D eigenvalue weighted by atomic mass is 10.4. The molecule has 1 aromatic heterocycles. The first kappa shape index (κ1) is 11.1. The molecule has 0 radical (unpaired) electrons. The lowest BCUT2D eigenvalue weighted by Gasteiger charge is -2.08. The van der Waals surface area contributed by atoms with Crippen molar-refractivity contribution in [2.24, 2.45) is 0 Å². The van der Waals surface area contributed by atoms with Crippen molar-refractivity contribution in [2.75, 3.05) is 6.67 Å². The van der Waals surface area contributed by atoms with Crippen molar-refractivity contribution in [3.63, 3.8) is 0 Å². The molecule has 0 aromatic carbocycles. The second kappa shape index (κ2) is 5.70. The van der Waals surface area contributed by atoms with E-state index >= 15 is 0 Å². The van der Waals surface area contributed by atoms with Gasteiger partial charge in [-0.1, -0.05) is 13.8 Å². The Morgan fingerprint density at radius 2 is 2.36 bits per heavy atom. The largest absolute Gasteiger partial charge is 0.308 e. The van der Waals surface area contributed by atoms with Gasteiger partial charge in [0, 0.05) is 12.6 Å². The topological polar surface area (TPSA) is 42.7 Å². The van der Waals surface area contributed by atoms with E-state index in [9.17, 15) is 4.39 Å². The van der Waals surface area contributed by atoms with Crippen LogP contribution in [0.25, 0.3) is 0 Å². The SMILES string of the molecule is CC(C)NCc1ncnn1CCCF. The van der Waals surface area contributed by atoms with Crippen LogP contribution in [0.4, 0.5) is 4.39 Å². The Balaban J connectivity index is 2.45. The molecule has 1 aromatic rings. The third-order valence-electron chi connectivity index (χ3n) is 1.87. The molecule has 0 fully saturated rings. The molecule has 0 atom stereocenters. The summed E-state index contributed by atoms with van der Waals surface area (Å²) in [5.74, 6) is 0.868. The Hall–Kier alpha value is -0.970. The first-order valence-electron chi connectivity index (χ1n) is 4.90. The summed E-state index contributed by atoms with van der Waals surface area (Å²) in [7, 11) is 0. The number of hydrogen-bond donors (Lipinski definition) is 1. The molecular weight excluding hydrogens is 183 g/mol. The van der Waals surface area contributed by atoms with Gasteiger partial charge in [0.1, 0.15) is 12.2 Å². The number of rotatable bonds is 6. The summed E-state index contributed by atoms with van der Waals surface area (Å²) >= 11 is 0. The Morgan fingerprint density at radius 3 is 3.00 bits per heavy atom. The smallest absolute Gasteiger partial charge is 0.140 e. The molecule has 1 rings (SSSR count). The lowest BCUT2D eigenvalue weighted by Crippen LogP contribution is -2.24. The van der Waals surface area contributed by atoms with Crippen LogP contribution in [0.2, 0.25) is 0 Å². The van der Waals surface area contributed by atoms with Crippen molar-refractivity contribution in [3.05, 3.63) is 12.2 Å². The molecule has 0 amide bonds. The fourth-order valence-corrected chi connectivity index (χ4v) is 1.12. The zero-order valence-corrected chi connectivity index (χ0v) is 8.70. The standard InChI is InChI=1S/C9H17FN4/c1-8(2)11-6-9-12-7-13-14(9)5-3-4-10/h7-8,11H,3-6H2,1-2H3. The van der Waals surface area contributed by atoms with Crippen LogP contribution >= 0.6 is 0 Å². The summed E-state index contributed by atoms with van der Waals surface area (Å²) in [6.07, 6.45) is 2.01. The Kier molecular flexibility index (Phi) is 4.52. The van der Waals surface area contributed by atoms with E-state index in [0.717, 1.165) is 5.82 Å². The van der Waals surface area contributed by atoms with Crippen LogP contribution in [-0.4, -0.2) is 27.5 Å². The van der Waals surface area contributed by atoms with Gasteiger partial charge < -0.3 is 5.32 Å². The summed E-state index contributed by atoms with van der Waals surface area (Å²) in [6, 6.07) is 0.418. The molecule has 80 valence electrons. The Labute approximate surface area is 83.5 Å². The van der Waals surface area contributed by atoms with Crippen molar-refractivity contribution in [2.45, 2.75) is 39.4 Å². The molecule has 14 heavy (non-hydrogen) atoms. The van der Waals surface area contributed by atoms with E-state index in [2.05, 4.69) is 29.2 Å². The molecular formula is C9H17FN4. The molecule has 0 saturated heterocycles. The van der Waals surface area contributed by atoms with Gasteiger partial charge in [0.05, 0.1) is 13.2 Å². The molecule has 5 heteroatoms. The van der Waals surface area contributed by atoms with Gasteiger partial charge in [-0.2, -0.15) is 5.10 Å². The third-order valence-corrected chi connectivity index (χ3v) is 1.87. The van der Waals surface area contributed by atoms with Gasteiger partial charge in [-0.25, -0.2) is 9.67 Å². The first-order valence-corrected chi connectivity index (χ1v) is 4.90. The highest BCUT2D eigenvalue weighted by Gasteiger charge is 2.03. The fraction of sp³-hybridized carbons (Fsp3) is 0.778. The van der Waals surface area contributed by atoms with Gasteiger partial charge in [0.25, 0.3) is 0 Å². The third kappa shape index (κ3) is 3.41. The minimum Gasteiger partial charge on any atom is -0.308 e. The monoisotopic (exact) mass is 200 g/mol. The van der Waals surface area contributed by atoms with Crippen molar-refractivity contribution >= 4 is 0 Å². The minimum absolute atomic E-state index is 0.309. The fourth-order valence-electron chi connectivity index (χ4n) is 1.12. The Morgan fingerprint density at radius 1 is 1.57 bits per heavy atom. The van der Waals surface area contributed by atoms with Gasteiger partial charge in [-0.15, -0.1) is 0 Å². The van der Waals surface area contributed by atoms with Crippen molar-refractivity contribution in [3.8, 4) is 0 Å². The summed E-state index contributed by atoms with van der Waals surface area (Å²) in [5.41, 5.74) is 0. The number of nitrogens with one attached hydrogen (secondary N) is 1. The van der Waals surface area contributed by atoms with E-state index in [1.807, 2.05) is 0 Å². The number of halogens is 1. The van der Waals surface area contributed by atoms with Crippen LogP contribution in [-0.2, 0) is 13.1 Å². The van der Waals surface area contributed by atoms with Gasteiger partial charge in [-0.05, 0) is 6.42 Å². The van der Waals surface area contributed by atoms with Crippen molar-refractivity contribution in [1.29, 1.82) is 0 Å². The van der Waals surface area contributed by atoms with Crippen LogP contribution < -0.4 is 5.32 Å². The number of aryl methyl sites for hydroxylation is 1. The number of alkyl halides is 1. The summed E-state index contributed by atoms with van der Waals surface area (Å²) in [4.78, 5) is 4.11. The summed E-state index contributed by atoms with van der Waals surface area (Å²) in [5, 5.41) is 7.28. The predicted octanol–water partition coefficient (Wildman–Crippen LogP) is 1.14. The average molecular weight is 200 g/mol. The normalized spacial score (nSPS) is 11.1. The zero-order valence-electron chi connectivity index (χ0n) is 8.70. The molecule has 0 bridgehead atoms. The number of aromatic nitrogens is 3. The zero-order chi connectivity index (χ0) is 10.4. The maximum atomic E-state index is 12.0. The van der Waals surface area contributed by atoms with Gasteiger partial charge in [0.2, 0.25) is 0 Å². The van der Waals surface area contributed by atoms with E-state index in [0.29, 0.717) is 25.6 Å². The highest BCUT2D eigenvalue weighted by Crippen LogP contribution is 1.97. The average Bonchev–Trinajstić information content (AvgIpc) is 2.58. The van der Waals surface area contributed by atoms with Gasteiger partial charge >= 0.3 is 0 Å². The van der Waals surface area contributed by atoms with Crippen LogP contribution in [0.1, 0.15) is 26.1 Å². The first-order chi connectivity index (χ1) is 6.74. The van der Waals surface area contributed by atoms with E-state index in [1.54, 1.807) is 4.68 Å². The molecule has 0 aliphatic carbocycles. The van der Waals surface area contributed by atoms with Crippen LogP contribution in [0.3, 0.4) is 0 Å². The van der Waals surface area contributed by atoms with E-state index < -0.39 is 0 Å². The molecule has 0 aliphatic rings. The molecule has 1 N–H and O–H groups in total. The molecule has 0 spiro atoms. The Bertz CT molecular complexity index is 259. The highest BCUT2D eigenvalue weighted by molar-refractivity contribution is 4.84. The summed E-state index contributed by atoms with van der Waals surface area (Å²) in [6.45, 7) is 5.12. The molecule has 0 unspecified atom stereocenters. The van der Waals surface area contributed by atoms with Gasteiger partial charge in [0.15, 0.2) is 0 Å². The second-order valence-electron chi connectivity index (χ2n) is 3.48. The quantitative estimate of drug-likeness (QED) is 0.748. The van der Waals surface area contributed by atoms with Crippen molar-refractivity contribution < 1.29 is 4.39 Å². The number of hydrogen-bond acceptors (Lipinski definition) is 3. The minimum atomic E-state index is -0.309. The van der Waals surface area contributed by atoms with Crippen LogP contribution in [0.15, 0.2) is 6.33 Å². The highest BCUT2D eigenvalue weighted by atomic mass is 19.1. The molecule has 1 heterocycles. The van der Waals surface area contributed by atoms with E-state index in [4.69, 9.17) is 0 Å². The van der Waals surface area contributed by atoms with E-state index in [-0.39, 0.29) is 6.67 Å². The lowest BCUT2D eigenvalue weighted by molar-refractivity contribution is 0.424. The van der Waals surface area contributed by atoms with Crippen molar-refractivity contribution in [1.82, 2.24) is 20.1 Å². The molecule has 4 nitrogen and oxygen atoms in total. The summed E-state index contributed by atoms with van der Waals surface area (Å²) < 4.78 is 13.7. The van der Waals surface area contributed by atoms with Crippen LogP contribution in [0.5, 0.6) is 0 Å². The number of nitrogens with zero attached hydrogens (tertiary/aromatic N) is 3.